The van der Waals surface area contributed by atoms with Crippen molar-refractivity contribution in [2.75, 3.05) is 13.6 Å². The monoisotopic (exact) mass is 316 g/mol. The number of aromatic nitrogens is 1. The molecule has 0 spiro atoms. The molecular weight excluding hydrogens is 299 g/mol. The minimum atomic E-state index is -0.187. The van der Waals surface area contributed by atoms with Crippen molar-refractivity contribution in [2.45, 2.75) is 12.5 Å². The third kappa shape index (κ3) is 3.26. The van der Waals surface area contributed by atoms with Gasteiger partial charge >= 0.3 is 0 Å². The molecule has 2 heterocycles. The van der Waals surface area contributed by atoms with E-state index in [2.05, 4.69) is 10.3 Å². The van der Waals surface area contributed by atoms with Crippen molar-refractivity contribution in [3.8, 4) is 5.75 Å². The Bertz CT molecular complexity index is 754. The lowest BCUT2D eigenvalue weighted by Crippen LogP contribution is -2.15. The maximum Gasteiger partial charge on any atom is 0.176 e. The minimum absolute atomic E-state index is 0.173. The van der Waals surface area contributed by atoms with Crippen molar-refractivity contribution in [1.82, 2.24) is 10.3 Å². The number of nitrogens with one attached hydrogen (secondary N) is 1. The van der Waals surface area contributed by atoms with Gasteiger partial charge in [-0.3, -0.25) is 4.98 Å². The highest BCUT2D eigenvalue weighted by molar-refractivity contribution is 7.10. The summed E-state index contributed by atoms with van der Waals surface area (Å²) in [5.74, 6) is 0.778. The number of benzene rings is 1. The summed E-state index contributed by atoms with van der Waals surface area (Å²) in [6.45, 7) is 0.799. The zero-order valence-electron chi connectivity index (χ0n) is 12.3. The molecule has 2 aromatic heterocycles. The van der Waals surface area contributed by atoms with E-state index in [1.165, 1.54) is 6.07 Å². The highest BCUT2D eigenvalue weighted by Crippen LogP contribution is 2.32. The number of hydrogen-bond donors (Lipinski definition) is 1. The van der Waals surface area contributed by atoms with Crippen LogP contribution in [0.4, 0.5) is 4.39 Å². The molecule has 114 valence electrons. The number of pyridine rings is 1. The summed E-state index contributed by atoms with van der Waals surface area (Å²) >= 11 is 1.14. The van der Waals surface area contributed by atoms with Crippen LogP contribution in [0.1, 0.15) is 17.4 Å². The number of nitrogens with zero attached hydrogens (tertiary/aromatic N) is 1. The Labute approximate surface area is 132 Å². The highest BCUT2D eigenvalue weighted by atomic mass is 32.1. The van der Waals surface area contributed by atoms with Crippen molar-refractivity contribution in [1.29, 1.82) is 0 Å². The number of fused-ring (bicyclic) bond motifs is 1. The van der Waals surface area contributed by atoms with E-state index >= 15 is 0 Å². The second kappa shape index (κ2) is 6.85. The molecule has 1 N–H and O–H groups in total. The van der Waals surface area contributed by atoms with Crippen LogP contribution in [-0.4, -0.2) is 18.6 Å². The SMILES string of the molecule is CNCCC(Oc1cccc2ncccc12)c1ccc(F)s1. The van der Waals surface area contributed by atoms with Gasteiger partial charge < -0.3 is 10.1 Å². The molecule has 0 radical (unpaired) electrons. The smallest absolute Gasteiger partial charge is 0.176 e. The molecule has 3 aromatic rings. The molecule has 1 atom stereocenters. The Morgan fingerprint density at radius 1 is 1.23 bits per heavy atom. The van der Waals surface area contributed by atoms with Crippen LogP contribution in [0.2, 0.25) is 0 Å². The van der Waals surface area contributed by atoms with Crippen LogP contribution in [0.25, 0.3) is 10.9 Å². The topological polar surface area (TPSA) is 34.1 Å². The van der Waals surface area contributed by atoms with Crippen LogP contribution in [0, 0.1) is 5.13 Å². The van der Waals surface area contributed by atoms with Crippen LogP contribution in [0.15, 0.2) is 48.7 Å². The van der Waals surface area contributed by atoms with Gasteiger partial charge in [0.05, 0.1) is 5.52 Å². The molecule has 0 amide bonds. The van der Waals surface area contributed by atoms with E-state index in [9.17, 15) is 4.39 Å². The van der Waals surface area contributed by atoms with Gasteiger partial charge in [0, 0.05) is 22.9 Å². The van der Waals surface area contributed by atoms with Gasteiger partial charge in [0.1, 0.15) is 11.9 Å². The Hall–Kier alpha value is -1.98. The molecule has 0 aliphatic heterocycles. The van der Waals surface area contributed by atoms with Crippen LogP contribution >= 0.6 is 11.3 Å². The van der Waals surface area contributed by atoms with Gasteiger partial charge in [-0.15, -0.1) is 11.3 Å². The third-order valence-corrected chi connectivity index (χ3v) is 4.41. The Morgan fingerprint density at radius 2 is 2.14 bits per heavy atom. The Balaban J connectivity index is 1.91. The summed E-state index contributed by atoms with van der Waals surface area (Å²) in [5, 5.41) is 3.90. The lowest BCUT2D eigenvalue weighted by molar-refractivity contribution is 0.201. The molecular formula is C17H17FN2OS. The normalized spacial score (nSPS) is 12.5. The molecule has 0 saturated heterocycles. The van der Waals surface area contributed by atoms with Gasteiger partial charge in [-0.25, -0.2) is 0 Å². The van der Waals surface area contributed by atoms with E-state index in [0.29, 0.717) is 0 Å². The molecule has 0 fully saturated rings. The molecule has 1 unspecified atom stereocenters. The van der Waals surface area contributed by atoms with Crippen molar-refractivity contribution in [3.05, 3.63) is 58.7 Å². The Morgan fingerprint density at radius 3 is 2.91 bits per heavy atom. The molecule has 22 heavy (non-hydrogen) atoms. The van der Waals surface area contributed by atoms with Gasteiger partial charge in [0.15, 0.2) is 5.13 Å². The fourth-order valence-electron chi connectivity index (χ4n) is 2.37. The van der Waals surface area contributed by atoms with Crippen molar-refractivity contribution in [2.24, 2.45) is 0 Å². The van der Waals surface area contributed by atoms with Crippen molar-refractivity contribution in [3.63, 3.8) is 0 Å². The van der Waals surface area contributed by atoms with Gasteiger partial charge in [-0.1, -0.05) is 6.07 Å². The fourth-order valence-corrected chi connectivity index (χ4v) is 3.16. The first kappa shape index (κ1) is 14.9. The van der Waals surface area contributed by atoms with Crippen LogP contribution in [0.3, 0.4) is 0 Å². The van der Waals surface area contributed by atoms with Gasteiger partial charge in [0.2, 0.25) is 0 Å². The largest absolute Gasteiger partial charge is 0.484 e. The lowest BCUT2D eigenvalue weighted by atomic mass is 10.1. The molecule has 5 heteroatoms. The Kier molecular flexibility index (Phi) is 4.65. The van der Waals surface area contributed by atoms with E-state index in [4.69, 9.17) is 4.74 Å². The quantitative estimate of drug-likeness (QED) is 0.741. The van der Waals surface area contributed by atoms with E-state index in [-0.39, 0.29) is 11.2 Å². The zero-order valence-corrected chi connectivity index (χ0v) is 13.1. The average Bonchev–Trinajstić information content (AvgIpc) is 2.98. The number of hydrogen-bond acceptors (Lipinski definition) is 4. The van der Waals surface area contributed by atoms with Gasteiger partial charge in [0.25, 0.3) is 0 Å². The summed E-state index contributed by atoms with van der Waals surface area (Å²) in [6, 6.07) is 13.0. The van der Waals surface area contributed by atoms with Crippen molar-refractivity contribution >= 4 is 22.2 Å². The second-order valence-corrected chi connectivity index (χ2v) is 6.03. The average molecular weight is 316 g/mol. The molecule has 3 nitrogen and oxygen atoms in total. The van der Waals surface area contributed by atoms with E-state index in [0.717, 1.165) is 45.8 Å². The molecule has 0 aliphatic carbocycles. The predicted octanol–water partition coefficient (Wildman–Crippen LogP) is 4.17. The number of halogens is 1. The second-order valence-electron chi connectivity index (χ2n) is 4.97. The summed E-state index contributed by atoms with van der Waals surface area (Å²) in [4.78, 5) is 5.24. The third-order valence-electron chi connectivity index (χ3n) is 3.44. The predicted molar refractivity (Wildman–Crippen MR) is 87.9 cm³/mol. The van der Waals surface area contributed by atoms with E-state index in [1.54, 1.807) is 12.3 Å². The number of ether oxygens (including phenoxy) is 1. The highest BCUT2D eigenvalue weighted by Gasteiger charge is 2.17. The summed E-state index contributed by atoms with van der Waals surface area (Å²) in [7, 11) is 1.90. The first-order valence-electron chi connectivity index (χ1n) is 7.18. The summed E-state index contributed by atoms with van der Waals surface area (Å²) in [6.07, 6.45) is 2.36. The molecule has 0 saturated carbocycles. The summed E-state index contributed by atoms with van der Waals surface area (Å²) < 4.78 is 19.5. The standard InChI is InChI=1S/C17H17FN2OS/c1-19-11-9-15(16-7-8-17(18)22-16)21-14-6-2-5-13-12(14)4-3-10-20-13/h2-8,10,15,19H,9,11H2,1H3. The first-order chi connectivity index (χ1) is 10.8. The molecule has 0 bridgehead atoms. The number of thiophene rings is 1. The lowest BCUT2D eigenvalue weighted by Gasteiger charge is -2.19. The van der Waals surface area contributed by atoms with E-state index in [1.807, 2.05) is 37.4 Å². The van der Waals surface area contributed by atoms with E-state index < -0.39 is 0 Å². The molecule has 3 rings (SSSR count). The minimum Gasteiger partial charge on any atom is -0.484 e. The molecule has 0 aliphatic rings. The zero-order chi connectivity index (χ0) is 15.4. The maximum atomic E-state index is 13.3. The maximum absolute atomic E-state index is 13.3. The first-order valence-corrected chi connectivity index (χ1v) is 8.00. The van der Waals surface area contributed by atoms with Crippen LogP contribution < -0.4 is 10.1 Å². The van der Waals surface area contributed by atoms with Crippen LogP contribution in [-0.2, 0) is 0 Å². The van der Waals surface area contributed by atoms with Gasteiger partial charge in [-0.2, -0.15) is 4.39 Å². The van der Waals surface area contributed by atoms with Crippen LogP contribution in [0.5, 0.6) is 5.75 Å². The fraction of sp³-hybridized carbons (Fsp3) is 0.235. The molecule has 1 aromatic carbocycles. The summed E-state index contributed by atoms with van der Waals surface area (Å²) in [5.41, 5.74) is 0.893. The van der Waals surface area contributed by atoms with Crippen molar-refractivity contribution < 1.29 is 9.13 Å². The number of rotatable bonds is 6. The van der Waals surface area contributed by atoms with Gasteiger partial charge in [-0.05, 0) is 50.0 Å².